The van der Waals surface area contributed by atoms with Crippen LogP contribution in [0.3, 0.4) is 0 Å². The molecule has 0 aliphatic heterocycles. The third-order valence-corrected chi connectivity index (χ3v) is 7.67. The highest BCUT2D eigenvalue weighted by atomic mass is 19.3. The Bertz CT molecular complexity index is 995. The van der Waals surface area contributed by atoms with Gasteiger partial charge >= 0.3 is 6.61 Å². The number of halogens is 5. The summed E-state index contributed by atoms with van der Waals surface area (Å²) in [6.07, 6.45) is 13.3. The van der Waals surface area contributed by atoms with Crippen molar-refractivity contribution in [3.05, 3.63) is 65.5 Å². The van der Waals surface area contributed by atoms with Gasteiger partial charge in [0.2, 0.25) is 0 Å². The predicted octanol–water partition coefficient (Wildman–Crippen LogP) is 9.03. The summed E-state index contributed by atoms with van der Waals surface area (Å²) < 4.78 is 72.9. The summed E-state index contributed by atoms with van der Waals surface area (Å²) in [6, 6.07) is 5.67. The van der Waals surface area contributed by atoms with E-state index in [0.29, 0.717) is 17.4 Å². The molecule has 0 N–H and O–H groups in total. The van der Waals surface area contributed by atoms with Gasteiger partial charge in [0.15, 0.2) is 11.6 Å². The quantitative estimate of drug-likeness (QED) is 0.285. The second-order valence-corrected chi connectivity index (χ2v) is 9.74. The summed E-state index contributed by atoms with van der Waals surface area (Å²) in [4.78, 5) is 0. The van der Waals surface area contributed by atoms with E-state index in [9.17, 15) is 13.2 Å². The third kappa shape index (κ3) is 5.64. The predicted molar refractivity (Wildman–Crippen MR) is 123 cm³/mol. The molecule has 0 spiro atoms. The Labute approximate surface area is 198 Å². The van der Waals surface area contributed by atoms with Crippen LogP contribution >= 0.6 is 0 Å². The lowest BCUT2D eigenvalue weighted by molar-refractivity contribution is -0.0521. The van der Waals surface area contributed by atoms with Gasteiger partial charge in [-0.15, -0.1) is 0 Å². The molecule has 2 aliphatic carbocycles. The van der Waals surface area contributed by atoms with Crippen LogP contribution in [0.25, 0.3) is 11.1 Å². The highest BCUT2D eigenvalue weighted by molar-refractivity contribution is 5.66. The molecule has 2 aliphatic rings. The van der Waals surface area contributed by atoms with E-state index in [1.54, 1.807) is 0 Å². The maximum absolute atomic E-state index is 15.0. The number of ether oxygens (including phenoxy) is 1. The van der Waals surface area contributed by atoms with Crippen molar-refractivity contribution in [2.45, 2.75) is 70.8 Å². The zero-order valence-corrected chi connectivity index (χ0v) is 19.4. The zero-order valence-electron chi connectivity index (χ0n) is 19.4. The van der Waals surface area contributed by atoms with E-state index in [1.807, 2.05) is 0 Å². The highest BCUT2D eigenvalue weighted by Crippen LogP contribution is 2.49. The van der Waals surface area contributed by atoms with Gasteiger partial charge in [-0.25, -0.2) is 13.2 Å². The topological polar surface area (TPSA) is 9.23 Å². The Morgan fingerprint density at radius 3 is 2.29 bits per heavy atom. The molecule has 6 heteroatoms. The normalized spacial score (nSPS) is 25.0. The fraction of sp³-hybridized carbons (Fsp3) is 0.500. The van der Waals surface area contributed by atoms with Crippen LogP contribution in [0, 0.1) is 35.2 Å². The summed E-state index contributed by atoms with van der Waals surface area (Å²) >= 11 is 0. The van der Waals surface area contributed by atoms with Crippen LogP contribution in [0.15, 0.2) is 42.5 Å². The first-order valence-corrected chi connectivity index (χ1v) is 12.2. The Morgan fingerprint density at radius 2 is 1.62 bits per heavy atom. The van der Waals surface area contributed by atoms with Gasteiger partial charge in [0.25, 0.3) is 0 Å². The number of hydrogen-bond acceptors (Lipinski definition) is 1. The molecule has 2 aromatic carbocycles. The second-order valence-electron chi connectivity index (χ2n) is 9.74. The van der Waals surface area contributed by atoms with E-state index in [-0.39, 0.29) is 17.0 Å². The van der Waals surface area contributed by atoms with Crippen LogP contribution < -0.4 is 4.74 Å². The van der Waals surface area contributed by atoms with E-state index in [4.69, 9.17) is 0 Å². The molecule has 1 nitrogen and oxygen atoms in total. The fourth-order valence-electron chi connectivity index (χ4n) is 6.00. The third-order valence-electron chi connectivity index (χ3n) is 7.67. The van der Waals surface area contributed by atoms with Crippen LogP contribution in [0.2, 0.25) is 0 Å². The van der Waals surface area contributed by atoms with Crippen molar-refractivity contribution < 1.29 is 26.7 Å². The van der Waals surface area contributed by atoms with Crippen LogP contribution in [0.1, 0.15) is 69.8 Å². The first kappa shape index (κ1) is 24.7. The van der Waals surface area contributed by atoms with Crippen LogP contribution in [-0.2, 0) is 0 Å². The minimum Gasteiger partial charge on any atom is -0.432 e. The molecular weight excluding hydrogens is 447 g/mol. The molecule has 4 unspecified atom stereocenters. The van der Waals surface area contributed by atoms with Crippen LogP contribution in [-0.4, -0.2) is 6.61 Å². The molecular formula is C28H31F5O. The average molecular weight is 479 g/mol. The lowest BCUT2D eigenvalue weighted by Crippen LogP contribution is -2.30. The summed E-state index contributed by atoms with van der Waals surface area (Å²) in [5.74, 6) is -1.12. The number of rotatable bonds is 7. The van der Waals surface area contributed by atoms with Gasteiger partial charge in [0, 0.05) is 0 Å². The summed E-state index contributed by atoms with van der Waals surface area (Å²) in [6.45, 7) is -1.13. The Balaban J connectivity index is 1.45. The first-order valence-electron chi connectivity index (χ1n) is 12.2. The van der Waals surface area contributed by atoms with Crippen molar-refractivity contribution in [2.24, 2.45) is 17.8 Å². The van der Waals surface area contributed by atoms with E-state index < -0.39 is 29.8 Å². The zero-order chi connectivity index (χ0) is 24.2. The maximum atomic E-state index is 15.0. The van der Waals surface area contributed by atoms with E-state index >= 15 is 8.78 Å². The van der Waals surface area contributed by atoms with Gasteiger partial charge in [-0.1, -0.05) is 24.6 Å². The van der Waals surface area contributed by atoms with Crippen LogP contribution in [0.4, 0.5) is 22.0 Å². The molecule has 2 fully saturated rings. The fourth-order valence-corrected chi connectivity index (χ4v) is 6.00. The minimum atomic E-state index is -3.18. The Kier molecular flexibility index (Phi) is 7.95. The standard InChI is InChI=1S/C28H31F5O/c1-2-3-4-5-17-6-7-19-13-20(9-8-18(19)12-17)22-15-24(30)27(25(31)16-22)21-10-11-26(23(29)14-21)34-28(32)33/h2-3,10-11,14-20,28H,4-9,12-13H2,1H3/b3-2+. The second kappa shape index (κ2) is 10.9. The molecule has 0 heterocycles. The molecule has 2 saturated carbocycles. The molecule has 0 amide bonds. The lowest BCUT2D eigenvalue weighted by Gasteiger charge is -2.42. The molecule has 4 atom stereocenters. The number of allylic oxidation sites excluding steroid dienone is 2. The first-order chi connectivity index (χ1) is 16.4. The molecule has 184 valence electrons. The summed E-state index contributed by atoms with van der Waals surface area (Å²) in [5.41, 5.74) is 0.229. The Morgan fingerprint density at radius 1 is 0.912 bits per heavy atom. The van der Waals surface area contributed by atoms with Crippen molar-refractivity contribution in [1.29, 1.82) is 0 Å². The maximum Gasteiger partial charge on any atom is 0.387 e. The number of hydrogen-bond donors (Lipinski definition) is 0. The Hall–Kier alpha value is -2.37. The smallest absolute Gasteiger partial charge is 0.387 e. The van der Waals surface area contributed by atoms with Crippen LogP contribution in [0.5, 0.6) is 5.75 Å². The van der Waals surface area contributed by atoms with Gasteiger partial charge in [-0.3, -0.25) is 0 Å². The van der Waals surface area contributed by atoms with E-state index in [1.165, 1.54) is 43.9 Å². The number of benzene rings is 2. The highest BCUT2D eigenvalue weighted by Gasteiger charge is 2.36. The van der Waals surface area contributed by atoms with E-state index in [0.717, 1.165) is 43.7 Å². The monoisotopic (exact) mass is 478 g/mol. The molecule has 0 radical (unpaired) electrons. The molecule has 0 aromatic heterocycles. The van der Waals surface area contributed by atoms with Crippen molar-refractivity contribution in [3.63, 3.8) is 0 Å². The van der Waals surface area contributed by atoms with Crippen molar-refractivity contribution >= 4 is 0 Å². The van der Waals surface area contributed by atoms with Gasteiger partial charge in [0.1, 0.15) is 11.6 Å². The van der Waals surface area contributed by atoms with Crippen molar-refractivity contribution in [1.82, 2.24) is 0 Å². The number of fused-ring (bicyclic) bond motifs is 1. The van der Waals surface area contributed by atoms with Crippen molar-refractivity contribution in [3.8, 4) is 16.9 Å². The van der Waals surface area contributed by atoms with E-state index in [2.05, 4.69) is 23.8 Å². The molecule has 0 bridgehead atoms. The molecule has 0 saturated heterocycles. The summed E-state index contributed by atoms with van der Waals surface area (Å²) in [7, 11) is 0. The molecule has 2 aromatic rings. The number of alkyl halides is 2. The minimum absolute atomic E-state index is 0.0550. The molecule has 34 heavy (non-hydrogen) atoms. The van der Waals surface area contributed by atoms with Gasteiger partial charge in [-0.05, 0) is 111 Å². The summed E-state index contributed by atoms with van der Waals surface area (Å²) in [5, 5.41) is 0. The largest absolute Gasteiger partial charge is 0.432 e. The average Bonchev–Trinajstić information content (AvgIpc) is 2.80. The van der Waals surface area contributed by atoms with Gasteiger partial charge in [-0.2, -0.15) is 8.78 Å². The lowest BCUT2D eigenvalue weighted by atomic mass is 9.63. The SMILES string of the molecule is C/C=C/CCC1CCC2CC(c3cc(F)c(-c4ccc(OC(F)F)c(F)c4)c(F)c3)CCC2C1. The molecule has 4 rings (SSSR count). The van der Waals surface area contributed by atoms with Crippen molar-refractivity contribution in [2.75, 3.05) is 0 Å². The van der Waals surface area contributed by atoms with Gasteiger partial charge < -0.3 is 4.74 Å². The van der Waals surface area contributed by atoms with Gasteiger partial charge in [0.05, 0.1) is 5.56 Å².